The number of amides is 1. The van der Waals surface area contributed by atoms with Crippen molar-refractivity contribution in [3.63, 3.8) is 0 Å². The van der Waals surface area contributed by atoms with Gasteiger partial charge in [0.25, 0.3) is 0 Å². The molecule has 4 heterocycles. The molecule has 0 saturated carbocycles. The lowest BCUT2D eigenvalue weighted by Crippen LogP contribution is -2.49. The fraction of sp³-hybridized carbons (Fsp3) is 0.474. The topological polar surface area (TPSA) is 94.5 Å². The van der Waals surface area contributed by atoms with Gasteiger partial charge in [0, 0.05) is 50.6 Å². The quantitative estimate of drug-likeness (QED) is 0.680. The largest absolute Gasteiger partial charge is 0.339 e. The molecule has 0 bridgehead atoms. The summed E-state index contributed by atoms with van der Waals surface area (Å²) in [4.78, 5) is 21.1. The number of hydrogen-bond acceptors (Lipinski definition) is 6. The third kappa shape index (κ3) is 3.78. The normalized spacial score (nSPS) is 14.6. The first-order valence-electron chi connectivity index (χ1n) is 9.81. The van der Waals surface area contributed by atoms with E-state index >= 15 is 0 Å². The zero-order chi connectivity index (χ0) is 19.5. The molecule has 3 aromatic heterocycles. The summed E-state index contributed by atoms with van der Waals surface area (Å²) in [6.45, 7) is 6.93. The van der Waals surface area contributed by atoms with Crippen LogP contribution in [0.2, 0.25) is 0 Å². The van der Waals surface area contributed by atoms with E-state index in [-0.39, 0.29) is 5.91 Å². The first kappa shape index (κ1) is 18.3. The van der Waals surface area contributed by atoms with Crippen molar-refractivity contribution < 1.29 is 4.79 Å². The van der Waals surface area contributed by atoms with Gasteiger partial charge in [-0.3, -0.25) is 9.89 Å². The highest BCUT2D eigenvalue weighted by atomic mass is 16.2. The Morgan fingerprint density at radius 3 is 2.82 bits per heavy atom. The lowest BCUT2D eigenvalue weighted by Gasteiger charge is -2.34. The zero-order valence-electron chi connectivity index (χ0n) is 16.4. The maximum absolute atomic E-state index is 12.3. The van der Waals surface area contributed by atoms with Crippen molar-refractivity contribution in [3.05, 3.63) is 30.1 Å². The highest BCUT2D eigenvalue weighted by Gasteiger charge is 2.23. The number of aryl methyl sites for hydroxylation is 1. The van der Waals surface area contributed by atoms with Gasteiger partial charge in [-0.15, -0.1) is 5.10 Å². The minimum Gasteiger partial charge on any atom is -0.339 e. The van der Waals surface area contributed by atoms with E-state index in [9.17, 15) is 4.79 Å². The van der Waals surface area contributed by atoms with Crippen molar-refractivity contribution in [3.8, 4) is 0 Å². The number of carbonyl (C=O) groups is 1. The number of fused-ring (bicyclic) bond motifs is 1. The average molecular weight is 382 g/mol. The predicted octanol–water partition coefficient (Wildman–Crippen LogP) is 2.34. The van der Waals surface area contributed by atoms with Gasteiger partial charge in [0.1, 0.15) is 5.52 Å². The van der Waals surface area contributed by atoms with Crippen LogP contribution < -0.4 is 10.2 Å². The van der Waals surface area contributed by atoms with E-state index in [1.807, 2.05) is 40.7 Å². The van der Waals surface area contributed by atoms with E-state index in [4.69, 9.17) is 4.98 Å². The number of aromatic amines is 1. The Morgan fingerprint density at radius 2 is 2.11 bits per heavy atom. The van der Waals surface area contributed by atoms with Gasteiger partial charge in [-0.2, -0.15) is 10.1 Å². The molecule has 1 saturated heterocycles. The molecule has 1 aliphatic heterocycles. The molecule has 1 aliphatic rings. The maximum atomic E-state index is 12.3. The minimum absolute atomic E-state index is 0.250. The Kier molecular flexibility index (Phi) is 5.14. The van der Waals surface area contributed by atoms with Crippen molar-refractivity contribution in [1.29, 1.82) is 0 Å². The Bertz CT molecular complexity index is 954. The van der Waals surface area contributed by atoms with Gasteiger partial charge in [-0.25, -0.2) is 4.52 Å². The van der Waals surface area contributed by atoms with E-state index in [2.05, 4.69) is 32.4 Å². The van der Waals surface area contributed by atoms with Gasteiger partial charge in [0.15, 0.2) is 11.6 Å². The Morgan fingerprint density at radius 1 is 1.29 bits per heavy atom. The second-order valence-corrected chi connectivity index (χ2v) is 7.13. The predicted molar refractivity (Wildman–Crippen MR) is 108 cm³/mol. The van der Waals surface area contributed by atoms with Gasteiger partial charge in [0.2, 0.25) is 11.9 Å². The molecule has 9 heteroatoms. The SMILES string of the molecule is CCCCC(=O)N1CCN(c2nc(Nc3cc(C)[nH]n3)c3cccn3n2)CC1. The van der Waals surface area contributed by atoms with Gasteiger partial charge >= 0.3 is 0 Å². The number of aromatic nitrogens is 5. The third-order valence-corrected chi connectivity index (χ3v) is 4.99. The molecule has 148 valence electrons. The highest BCUT2D eigenvalue weighted by Crippen LogP contribution is 2.22. The van der Waals surface area contributed by atoms with Crippen LogP contribution in [0, 0.1) is 6.92 Å². The lowest BCUT2D eigenvalue weighted by molar-refractivity contribution is -0.131. The summed E-state index contributed by atoms with van der Waals surface area (Å²) in [5.74, 6) is 2.33. The maximum Gasteiger partial charge on any atom is 0.245 e. The van der Waals surface area contributed by atoms with Crippen LogP contribution in [-0.2, 0) is 4.79 Å². The van der Waals surface area contributed by atoms with Crippen molar-refractivity contribution in [1.82, 2.24) is 29.7 Å². The van der Waals surface area contributed by atoms with E-state index in [0.29, 0.717) is 31.3 Å². The molecular weight excluding hydrogens is 356 g/mol. The smallest absolute Gasteiger partial charge is 0.245 e. The van der Waals surface area contributed by atoms with Gasteiger partial charge in [-0.05, 0) is 25.5 Å². The Balaban J connectivity index is 1.51. The van der Waals surface area contributed by atoms with Crippen molar-refractivity contribution in [2.24, 2.45) is 0 Å². The van der Waals surface area contributed by atoms with Crippen molar-refractivity contribution in [2.45, 2.75) is 33.1 Å². The van der Waals surface area contributed by atoms with E-state index < -0.39 is 0 Å². The summed E-state index contributed by atoms with van der Waals surface area (Å²) < 4.78 is 1.82. The number of piperazine rings is 1. The van der Waals surface area contributed by atoms with E-state index in [1.54, 1.807) is 0 Å². The Hall–Kier alpha value is -3.10. The first-order valence-corrected chi connectivity index (χ1v) is 9.81. The van der Waals surface area contributed by atoms with E-state index in [0.717, 1.165) is 43.0 Å². The standard InChI is InChI=1S/C19H26N8O/c1-3-4-7-17(28)25-9-11-26(12-10-25)19-21-18(15-6-5-8-27(15)24-19)20-16-13-14(2)22-23-16/h5-6,8,13H,3-4,7,9-12H2,1-2H3,(H2,20,21,22,23,24). The molecule has 4 rings (SSSR count). The van der Waals surface area contributed by atoms with Crippen LogP contribution in [0.3, 0.4) is 0 Å². The summed E-state index contributed by atoms with van der Waals surface area (Å²) in [5.41, 5.74) is 1.87. The van der Waals surface area contributed by atoms with Gasteiger partial charge in [-0.1, -0.05) is 13.3 Å². The van der Waals surface area contributed by atoms with Crippen molar-refractivity contribution in [2.75, 3.05) is 36.4 Å². The van der Waals surface area contributed by atoms with Crippen molar-refractivity contribution >= 4 is 29.0 Å². The molecule has 0 unspecified atom stereocenters. The molecule has 0 radical (unpaired) electrons. The molecule has 3 aromatic rings. The molecule has 1 fully saturated rings. The molecule has 1 amide bonds. The second-order valence-electron chi connectivity index (χ2n) is 7.13. The summed E-state index contributed by atoms with van der Waals surface area (Å²) >= 11 is 0. The molecule has 0 aliphatic carbocycles. The first-order chi connectivity index (χ1) is 13.6. The number of hydrogen-bond donors (Lipinski definition) is 2. The van der Waals surface area contributed by atoms with Crippen LogP contribution in [0.15, 0.2) is 24.4 Å². The molecule has 2 N–H and O–H groups in total. The molecule has 0 spiro atoms. The monoisotopic (exact) mass is 382 g/mol. The number of rotatable bonds is 6. The molecule has 0 atom stereocenters. The molecular formula is C19H26N8O. The van der Waals surface area contributed by atoms with Gasteiger partial charge < -0.3 is 15.1 Å². The highest BCUT2D eigenvalue weighted by molar-refractivity contribution is 5.76. The van der Waals surface area contributed by atoms with Crippen LogP contribution >= 0.6 is 0 Å². The summed E-state index contributed by atoms with van der Waals surface area (Å²) in [6.07, 6.45) is 4.54. The number of nitrogens with one attached hydrogen (secondary N) is 2. The fourth-order valence-corrected chi connectivity index (χ4v) is 3.39. The van der Waals surface area contributed by atoms with Gasteiger partial charge in [0.05, 0.1) is 0 Å². The third-order valence-electron chi connectivity index (χ3n) is 4.99. The second kappa shape index (κ2) is 7.87. The number of unbranched alkanes of at least 4 members (excludes halogenated alkanes) is 1. The summed E-state index contributed by atoms with van der Waals surface area (Å²) in [5, 5.41) is 15.1. The lowest BCUT2D eigenvalue weighted by atomic mass is 10.2. The number of anilines is 3. The summed E-state index contributed by atoms with van der Waals surface area (Å²) in [6, 6.07) is 5.84. The van der Waals surface area contributed by atoms with Crippen LogP contribution in [0.1, 0.15) is 31.9 Å². The number of H-pyrrole nitrogens is 1. The molecule has 9 nitrogen and oxygen atoms in total. The van der Waals surface area contributed by atoms with Crippen LogP contribution in [-0.4, -0.2) is 61.8 Å². The molecule has 28 heavy (non-hydrogen) atoms. The number of carbonyl (C=O) groups excluding carboxylic acids is 1. The fourth-order valence-electron chi connectivity index (χ4n) is 3.39. The number of nitrogens with zero attached hydrogens (tertiary/aromatic N) is 6. The zero-order valence-corrected chi connectivity index (χ0v) is 16.4. The van der Waals surface area contributed by atoms with Crippen LogP contribution in [0.5, 0.6) is 0 Å². The van der Waals surface area contributed by atoms with E-state index in [1.165, 1.54) is 0 Å². The molecule has 0 aromatic carbocycles. The van der Waals surface area contributed by atoms with Crippen LogP contribution in [0.25, 0.3) is 5.52 Å². The summed E-state index contributed by atoms with van der Waals surface area (Å²) in [7, 11) is 0. The van der Waals surface area contributed by atoms with Crippen LogP contribution in [0.4, 0.5) is 17.6 Å². The average Bonchev–Trinajstić information content (AvgIpc) is 3.35. The Labute approximate surface area is 163 Å². The minimum atomic E-state index is 0.250.